The van der Waals surface area contributed by atoms with Crippen LogP contribution in [0.2, 0.25) is 0 Å². The second kappa shape index (κ2) is 7.13. The van der Waals surface area contributed by atoms with Crippen molar-refractivity contribution in [3.63, 3.8) is 0 Å². The van der Waals surface area contributed by atoms with Crippen LogP contribution in [0.5, 0.6) is 0 Å². The Morgan fingerprint density at radius 2 is 2.16 bits per heavy atom. The Bertz CT molecular complexity index is 420. The van der Waals surface area contributed by atoms with Gasteiger partial charge in [0.15, 0.2) is 0 Å². The minimum Gasteiger partial charge on any atom is -0.480 e. The van der Waals surface area contributed by atoms with Gasteiger partial charge in [0.2, 0.25) is 0 Å². The van der Waals surface area contributed by atoms with Gasteiger partial charge >= 0.3 is 12.0 Å². The minimum atomic E-state index is -0.988. The van der Waals surface area contributed by atoms with Crippen molar-refractivity contribution in [1.29, 1.82) is 0 Å². The molecule has 0 saturated carbocycles. The van der Waals surface area contributed by atoms with Gasteiger partial charge in [0.25, 0.3) is 0 Å². The summed E-state index contributed by atoms with van der Waals surface area (Å²) in [6.07, 6.45) is 0.727. The van der Waals surface area contributed by atoms with Gasteiger partial charge in [0, 0.05) is 19.6 Å². The molecule has 1 N–H and O–H groups in total. The van der Waals surface area contributed by atoms with Crippen molar-refractivity contribution in [1.82, 2.24) is 9.80 Å². The molecule has 1 atom stereocenters. The number of nitrogens with zero attached hydrogens (tertiary/aromatic N) is 2. The molecule has 0 aromatic carbocycles. The Morgan fingerprint density at radius 1 is 1.47 bits per heavy atom. The smallest absolute Gasteiger partial charge is 0.323 e. The molecule has 5 nitrogen and oxygen atoms in total. The summed E-state index contributed by atoms with van der Waals surface area (Å²) in [6.45, 7) is 4.03. The van der Waals surface area contributed by atoms with Gasteiger partial charge in [0.1, 0.15) is 6.54 Å². The molecule has 1 aromatic heterocycles. The number of thiophene rings is 1. The first-order valence-corrected chi connectivity index (χ1v) is 7.14. The summed E-state index contributed by atoms with van der Waals surface area (Å²) in [5.74, 6) is -0.988. The fourth-order valence-corrected chi connectivity index (χ4v) is 2.38. The predicted molar refractivity (Wildman–Crippen MR) is 75.3 cm³/mol. The van der Waals surface area contributed by atoms with Gasteiger partial charge in [-0.05, 0) is 35.7 Å². The summed E-state index contributed by atoms with van der Waals surface area (Å²) in [4.78, 5) is 26.1. The number of amides is 2. The standard InChI is InChI=1S/C13H20N2O3S/c1-4-10(2)15(8-12(16)17)13(18)14(3)7-11-5-6-19-9-11/h5-6,9-10H,4,7-8H2,1-3H3,(H,16,17). The second-order valence-corrected chi connectivity index (χ2v) is 5.33. The fourth-order valence-electron chi connectivity index (χ4n) is 1.72. The van der Waals surface area contributed by atoms with Crippen LogP contribution in [0.15, 0.2) is 16.8 Å². The SMILES string of the molecule is CCC(C)N(CC(=O)O)C(=O)N(C)Cc1ccsc1. The first-order chi connectivity index (χ1) is 8.95. The van der Waals surface area contributed by atoms with E-state index in [2.05, 4.69) is 0 Å². The zero-order valence-corrected chi connectivity index (χ0v) is 12.3. The van der Waals surface area contributed by atoms with Crippen LogP contribution in [-0.4, -0.2) is 46.5 Å². The van der Waals surface area contributed by atoms with Crippen molar-refractivity contribution in [2.24, 2.45) is 0 Å². The Balaban J connectivity index is 2.71. The van der Waals surface area contributed by atoms with E-state index in [-0.39, 0.29) is 18.6 Å². The molecular weight excluding hydrogens is 264 g/mol. The van der Waals surface area contributed by atoms with Crippen LogP contribution in [0.1, 0.15) is 25.8 Å². The largest absolute Gasteiger partial charge is 0.480 e. The molecule has 106 valence electrons. The monoisotopic (exact) mass is 284 g/mol. The summed E-state index contributed by atoms with van der Waals surface area (Å²) in [6, 6.07) is 1.62. The van der Waals surface area contributed by atoms with Crippen LogP contribution in [0.4, 0.5) is 4.79 Å². The van der Waals surface area contributed by atoms with E-state index in [9.17, 15) is 9.59 Å². The van der Waals surface area contributed by atoms with Crippen molar-refractivity contribution in [3.8, 4) is 0 Å². The van der Waals surface area contributed by atoms with Gasteiger partial charge in [-0.2, -0.15) is 11.3 Å². The molecule has 0 saturated heterocycles. The number of carboxylic acids is 1. The molecule has 0 spiro atoms. The van der Waals surface area contributed by atoms with Crippen molar-refractivity contribution >= 4 is 23.3 Å². The summed E-state index contributed by atoms with van der Waals surface area (Å²) in [5.41, 5.74) is 1.06. The highest BCUT2D eigenvalue weighted by Gasteiger charge is 2.24. The number of carboxylic acid groups (broad SMARTS) is 1. The molecule has 0 aliphatic heterocycles. The van der Waals surface area contributed by atoms with Crippen molar-refractivity contribution < 1.29 is 14.7 Å². The average molecular weight is 284 g/mol. The van der Waals surface area contributed by atoms with Crippen LogP contribution in [-0.2, 0) is 11.3 Å². The highest BCUT2D eigenvalue weighted by atomic mass is 32.1. The minimum absolute atomic E-state index is 0.0893. The molecule has 0 aliphatic carbocycles. The highest BCUT2D eigenvalue weighted by Crippen LogP contribution is 2.12. The van der Waals surface area contributed by atoms with Crippen LogP contribution in [0.3, 0.4) is 0 Å². The maximum absolute atomic E-state index is 12.3. The van der Waals surface area contributed by atoms with Crippen molar-refractivity contribution in [2.45, 2.75) is 32.9 Å². The number of rotatable bonds is 6. The molecule has 6 heteroatoms. The molecule has 0 fully saturated rings. The number of hydrogen-bond acceptors (Lipinski definition) is 3. The molecule has 1 heterocycles. The van der Waals surface area contributed by atoms with Gasteiger partial charge < -0.3 is 14.9 Å². The van der Waals surface area contributed by atoms with Gasteiger partial charge in [-0.1, -0.05) is 6.92 Å². The lowest BCUT2D eigenvalue weighted by Crippen LogP contribution is -2.47. The molecule has 19 heavy (non-hydrogen) atoms. The second-order valence-electron chi connectivity index (χ2n) is 4.55. The number of hydrogen-bond donors (Lipinski definition) is 1. The first kappa shape index (κ1) is 15.5. The maximum Gasteiger partial charge on any atom is 0.323 e. The van der Waals surface area contributed by atoms with Gasteiger partial charge in [-0.25, -0.2) is 4.79 Å². The summed E-state index contributed by atoms with van der Waals surface area (Å²) in [7, 11) is 1.69. The van der Waals surface area contributed by atoms with E-state index < -0.39 is 5.97 Å². The van der Waals surface area contributed by atoms with Crippen molar-refractivity contribution in [2.75, 3.05) is 13.6 Å². The zero-order chi connectivity index (χ0) is 14.4. The number of aliphatic carboxylic acids is 1. The lowest BCUT2D eigenvalue weighted by molar-refractivity contribution is -0.138. The third-order valence-electron chi connectivity index (χ3n) is 3.00. The summed E-state index contributed by atoms with van der Waals surface area (Å²) in [5, 5.41) is 12.8. The van der Waals surface area contributed by atoms with E-state index in [1.54, 1.807) is 23.3 Å². The summed E-state index contributed by atoms with van der Waals surface area (Å²) < 4.78 is 0. The average Bonchev–Trinajstić information content (AvgIpc) is 2.86. The van der Waals surface area contributed by atoms with Crippen LogP contribution in [0, 0.1) is 0 Å². The molecule has 1 unspecified atom stereocenters. The van der Waals surface area contributed by atoms with E-state index in [1.165, 1.54) is 4.90 Å². The van der Waals surface area contributed by atoms with E-state index in [4.69, 9.17) is 5.11 Å². The number of carbonyl (C=O) groups excluding carboxylic acids is 1. The topological polar surface area (TPSA) is 60.9 Å². The lowest BCUT2D eigenvalue weighted by atomic mass is 10.2. The quantitative estimate of drug-likeness (QED) is 0.873. The maximum atomic E-state index is 12.3. The molecule has 1 aromatic rings. The summed E-state index contributed by atoms with van der Waals surface area (Å²) >= 11 is 1.58. The van der Waals surface area contributed by atoms with Crippen LogP contribution in [0.25, 0.3) is 0 Å². The molecule has 0 aliphatic rings. The fraction of sp³-hybridized carbons (Fsp3) is 0.538. The normalized spacial score (nSPS) is 11.9. The number of carbonyl (C=O) groups is 2. The van der Waals surface area contributed by atoms with Gasteiger partial charge in [0.05, 0.1) is 0 Å². The molecule has 0 radical (unpaired) electrons. The Hall–Kier alpha value is -1.56. The molecule has 1 rings (SSSR count). The van der Waals surface area contributed by atoms with Gasteiger partial charge in [-0.3, -0.25) is 4.79 Å². The predicted octanol–water partition coefficient (Wildman–Crippen LogP) is 2.49. The number of urea groups is 1. The molecule has 2 amide bonds. The highest BCUT2D eigenvalue weighted by molar-refractivity contribution is 7.07. The zero-order valence-electron chi connectivity index (χ0n) is 11.5. The lowest BCUT2D eigenvalue weighted by Gasteiger charge is -2.31. The van der Waals surface area contributed by atoms with Gasteiger partial charge in [-0.15, -0.1) is 0 Å². The third kappa shape index (κ3) is 4.55. The third-order valence-corrected chi connectivity index (χ3v) is 3.73. The Kier molecular flexibility index (Phi) is 5.82. The van der Waals surface area contributed by atoms with Crippen LogP contribution >= 0.6 is 11.3 Å². The van der Waals surface area contributed by atoms with E-state index >= 15 is 0 Å². The molecule has 0 bridgehead atoms. The first-order valence-electron chi connectivity index (χ1n) is 6.20. The van der Waals surface area contributed by atoms with Crippen LogP contribution < -0.4 is 0 Å². The van der Waals surface area contributed by atoms with E-state index in [0.29, 0.717) is 6.54 Å². The Morgan fingerprint density at radius 3 is 2.63 bits per heavy atom. The van der Waals surface area contributed by atoms with Crippen molar-refractivity contribution in [3.05, 3.63) is 22.4 Å². The molecular formula is C13H20N2O3S. The Labute approximate surface area is 117 Å². The van der Waals surface area contributed by atoms with E-state index in [1.807, 2.05) is 30.7 Å². The van der Waals surface area contributed by atoms with E-state index in [0.717, 1.165) is 12.0 Å².